The lowest BCUT2D eigenvalue weighted by Crippen LogP contribution is -2.45. The highest BCUT2D eigenvalue weighted by atomic mass is 16.3. The second kappa shape index (κ2) is 5.51. The number of hydrogen-bond acceptors (Lipinski definition) is 4. The number of hydrogen-bond donors (Lipinski definition) is 0. The average Bonchev–Trinajstić information content (AvgIpc) is 3.13. The van der Waals surface area contributed by atoms with Crippen LogP contribution in [0.1, 0.15) is 32.0 Å². The van der Waals surface area contributed by atoms with Crippen molar-refractivity contribution in [3.05, 3.63) is 34.6 Å². The molecule has 1 fully saturated rings. The number of rotatable bonds is 2. The molecular weight excluding hydrogens is 308 g/mol. The van der Waals surface area contributed by atoms with Crippen LogP contribution >= 0.6 is 0 Å². The number of likely N-dealkylation sites (tertiary alicyclic amines) is 1. The Morgan fingerprint density at radius 1 is 1.38 bits per heavy atom. The molecule has 0 bridgehead atoms. The summed E-state index contributed by atoms with van der Waals surface area (Å²) in [6, 6.07) is 3.74. The van der Waals surface area contributed by atoms with Gasteiger partial charge in [-0.3, -0.25) is 14.0 Å². The van der Waals surface area contributed by atoms with E-state index in [1.807, 2.05) is 11.8 Å². The minimum absolute atomic E-state index is 0.0208. The van der Waals surface area contributed by atoms with Crippen molar-refractivity contribution in [2.24, 2.45) is 0 Å². The smallest absolute Gasteiger partial charge is 0.291 e. The van der Waals surface area contributed by atoms with Gasteiger partial charge in [-0.1, -0.05) is 0 Å². The summed E-state index contributed by atoms with van der Waals surface area (Å²) in [5.41, 5.74) is 1.67. The quantitative estimate of drug-likeness (QED) is 0.721. The molecule has 0 saturated carbocycles. The molecule has 0 spiro atoms. The maximum absolute atomic E-state index is 12.7. The molecule has 1 saturated heterocycles. The maximum Gasteiger partial charge on any atom is 0.291 e. The Labute approximate surface area is 138 Å². The standard InChI is InChI=1S/C17H20N4O3/c1-11-5-3-4-7-19(11)16(22)10-20-17(23)14-9-15-13(6-8-24-15)21(14)12(2)18-20/h6,8-9,11H,3-5,7,10H2,1-2H3/t11-/m0/s1. The van der Waals surface area contributed by atoms with E-state index in [0.29, 0.717) is 16.9 Å². The third-order valence-electron chi connectivity index (χ3n) is 4.87. The Hall–Kier alpha value is -2.57. The van der Waals surface area contributed by atoms with Crippen molar-refractivity contribution < 1.29 is 9.21 Å². The number of amides is 1. The van der Waals surface area contributed by atoms with Crippen LogP contribution in [-0.2, 0) is 11.3 Å². The summed E-state index contributed by atoms with van der Waals surface area (Å²) >= 11 is 0. The molecule has 126 valence electrons. The summed E-state index contributed by atoms with van der Waals surface area (Å²) < 4.78 is 8.41. The van der Waals surface area contributed by atoms with Gasteiger partial charge in [0.15, 0.2) is 5.58 Å². The SMILES string of the molecule is Cc1nn(CC(=O)N2CCCC[C@@H]2C)c(=O)c2cc3occc3n12. The van der Waals surface area contributed by atoms with Crippen LogP contribution in [0.3, 0.4) is 0 Å². The Bertz CT molecular complexity index is 981. The highest BCUT2D eigenvalue weighted by Gasteiger charge is 2.24. The van der Waals surface area contributed by atoms with Gasteiger partial charge >= 0.3 is 0 Å². The van der Waals surface area contributed by atoms with Crippen LogP contribution in [0.5, 0.6) is 0 Å². The van der Waals surface area contributed by atoms with Crippen molar-refractivity contribution in [1.29, 1.82) is 0 Å². The average molecular weight is 328 g/mol. The fourth-order valence-corrected chi connectivity index (χ4v) is 3.62. The first kappa shape index (κ1) is 15.0. The molecule has 1 aliphatic heterocycles. The molecule has 1 atom stereocenters. The zero-order valence-electron chi connectivity index (χ0n) is 13.9. The number of fused-ring (bicyclic) bond motifs is 3. The number of furan rings is 1. The van der Waals surface area contributed by atoms with Crippen molar-refractivity contribution in [3.63, 3.8) is 0 Å². The summed E-state index contributed by atoms with van der Waals surface area (Å²) in [5.74, 6) is 0.608. The fourth-order valence-electron chi connectivity index (χ4n) is 3.62. The highest BCUT2D eigenvalue weighted by Crippen LogP contribution is 2.20. The predicted octanol–water partition coefficient (Wildman–Crippen LogP) is 1.95. The fraction of sp³-hybridized carbons (Fsp3) is 0.471. The number of nitrogens with zero attached hydrogens (tertiary/aromatic N) is 4. The molecule has 0 unspecified atom stereocenters. The zero-order valence-corrected chi connectivity index (χ0v) is 13.9. The van der Waals surface area contributed by atoms with Gasteiger partial charge in [0, 0.05) is 24.7 Å². The van der Waals surface area contributed by atoms with Gasteiger partial charge < -0.3 is 9.32 Å². The Morgan fingerprint density at radius 2 is 2.21 bits per heavy atom. The summed E-state index contributed by atoms with van der Waals surface area (Å²) in [6.07, 6.45) is 4.77. The molecule has 0 aliphatic carbocycles. The van der Waals surface area contributed by atoms with Crippen molar-refractivity contribution in [2.75, 3.05) is 6.54 Å². The van der Waals surface area contributed by atoms with Crippen LogP contribution in [0, 0.1) is 6.92 Å². The first-order chi connectivity index (χ1) is 11.6. The summed E-state index contributed by atoms with van der Waals surface area (Å²) in [6.45, 7) is 4.62. The van der Waals surface area contributed by atoms with Gasteiger partial charge in [0.2, 0.25) is 5.91 Å². The van der Waals surface area contributed by atoms with Gasteiger partial charge in [-0.05, 0) is 33.1 Å². The van der Waals surface area contributed by atoms with Crippen molar-refractivity contribution in [1.82, 2.24) is 19.1 Å². The topological polar surface area (TPSA) is 72.8 Å². The van der Waals surface area contributed by atoms with E-state index in [1.54, 1.807) is 22.8 Å². The molecule has 0 aromatic carbocycles. The third kappa shape index (κ3) is 2.23. The summed E-state index contributed by atoms with van der Waals surface area (Å²) in [5, 5.41) is 4.34. The highest BCUT2D eigenvalue weighted by molar-refractivity contribution is 5.82. The summed E-state index contributed by atoms with van der Waals surface area (Å²) in [4.78, 5) is 27.2. The zero-order chi connectivity index (χ0) is 16.8. The van der Waals surface area contributed by atoms with Crippen LogP contribution in [0.2, 0.25) is 0 Å². The van der Waals surface area contributed by atoms with Gasteiger partial charge in [0.05, 0.1) is 11.8 Å². The molecule has 7 heteroatoms. The van der Waals surface area contributed by atoms with E-state index in [9.17, 15) is 9.59 Å². The molecule has 4 heterocycles. The molecule has 0 radical (unpaired) electrons. The molecule has 24 heavy (non-hydrogen) atoms. The minimum Gasteiger partial charge on any atom is -0.463 e. The van der Waals surface area contributed by atoms with Crippen LogP contribution in [-0.4, -0.2) is 37.6 Å². The van der Waals surface area contributed by atoms with E-state index in [2.05, 4.69) is 12.0 Å². The lowest BCUT2D eigenvalue weighted by Gasteiger charge is -2.33. The largest absolute Gasteiger partial charge is 0.463 e. The van der Waals surface area contributed by atoms with Crippen molar-refractivity contribution >= 4 is 22.5 Å². The lowest BCUT2D eigenvalue weighted by molar-refractivity contribution is -0.135. The molecule has 3 aromatic heterocycles. The van der Waals surface area contributed by atoms with E-state index < -0.39 is 0 Å². The third-order valence-corrected chi connectivity index (χ3v) is 4.87. The van der Waals surface area contributed by atoms with E-state index in [1.165, 1.54) is 4.68 Å². The number of carbonyl (C=O) groups excluding carboxylic acids is 1. The van der Waals surface area contributed by atoms with Gasteiger partial charge in [0.1, 0.15) is 17.9 Å². The first-order valence-electron chi connectivity index (χ1n) is 8.32. The molecule has 1 aliphatic rings. The van der Waals surface area contributed by atoms with Crippen molar-refractivity contribution in [3.8, 4) is 0 Å². The van der Waals surface area contributed by atoms with Gasteiger partial charge in [-0.25, -0.2) is 4.68 Å². The van der Waals surface area contributed by atoms with E-state index in [4.69, 9.17) is 4.42 Å². The molecule has 1 amide bonds. The predicted molar refractivity (Wildman–Crippen MR) is 89.0 cm³/mol. The Balaban J connectivity index is 1.73. The normalized spacial score (nSPS) is 18.6. The number of aromatic nitrogens is 3. The van der Waals surface area contributed by atoms with E-state index in [0.717, 1.165) is 31.3 Å². The lowest BCUT2D eigenvalue weighted by atomic mass is 10.0. The molecule has 3 aromatic rings. The van der Waals surface area contributed by atoms with E-state index in [-0.39, 0.29) is 24.1 Å². The maximum atomic E-state index is 12.7. The number of aryl methyl sites for hydroxylation is 1. The second-order valence-corrected chi connectivity index (χ2v) is 6.48. The first-order valence-corrected chi connectivity index (χ1v) is 8.32. The summed E-state index contributed by atoms with van der Waals surface area (Å²) in [7, 11) is 0. The molecule has 4 rings (SSSR count). The molecule has 0 N–H and O–H groups in total. The van der Waals surface area contributed by atoms with Crippen LogP contribution < -0.4 is 5.56 Å². The van der Waals surface area contributed by atoms with Crippen LogP contribution in [0.15, 0.2) is 27.6 Å². The minimum atomic E-state index is -0.273. The van der Waals surface area contributed by atoms with Crippen LogP contribution in [0.4, 0.5) is 0 Å². The Morgan fingerprint density at radius 3 is 3.00 bits per heavy atom. The van der Waals surface area contributed by atoms with E-state index >= 15 is 0 Å². The van der Waals surface area contributed by atoms with Crippen molar-refractivity contribution in [2.45, 2.75) is 45.7 Å². The molecule has 7 nitrogen and oxygen atoms in total. The van der Waals surface area contributed by atoms with Crippen LogP contribution in [0.25, 0.3) is 16.6 Å². The number of piperidine rings is 1. The number of carbonyl (C=O) groups is 1. The second-order valence-electron chi connectivity index (χ2n) is 6.48. The van der Waals surface area contributed by atoms with Gasteiger partial charge in [-0.2, -0.15) is 5.10 Å². The monoisotopic (exact) mass is 328 g/mol. The van der Waals surface area contributed by atoms with Gasteiger partial charge in [0.25, 0.3) is 5.56 Å². The molecular formula is C17H20N4O3. The Kier molecular flexibility index (Phi) is 3.44. The van der Waals surface area contributed by atoms with Gasteiger partial charge in [-0.15, -0.1) is 0 Å².